The fraction of sp³-hybridized carbons (Fsp3) is 0.720. The van der Waals surface area contributed by atoms with Crippen LogP contribution < -0.4 is 31.9 Å². The van der Waals surface area contributed by atoms with Crippen molar-refractivity contribution >= 4 is 41.4 Å². The van der Waals surface area contributed by atoms with Crippen LogP contribution >= 0.6 is 0 Å². The number of hydrogen-bond donors (Lipinski definition) is 6. The van der Waals surface area contributed by atoms with Gasteiger partial charge in [0, 0.05) is 20.5 Å². The third-order valence-corrected chi connectivity index (χ3v) is 6.27. The average molecular weight is 554 g/mol. The van der Waals surface area contributed by atoms with Crippen LogP contribution in [0.2, 0.25) is 0 Å². The fourth-order valence-electron chi connectivity index (χ4n) is 4.08. The summed E-state index contributed by atoms with van der Waals surface area (Å²) >= 11 is 0. The zero-order valence-electron chi connectivity index (χ0n) is 23.8. The van der Waals surface area contributed by atoms with E-state index in [9.17, 15) is 33.6 Å². The van der Waals surface area contributed by atoms with Crippen molar-refractivity contribution in [3.63, 3.8) is 0 Å². The molecule has 1 aliphatic heterocycles. The second-order valence-electron chi connectivity index (χ2n) is 10.2. The molecule has 1 heterocycles. The largest absolute Gasteiger partial charge is 0.358 e. The molecule has 0 aliphatic carbocycles. The van der Waals surface area contributed by atoms with E-state index in [1.54, 1.807) is 27.7 Å². The lowest BCUT2D eigenvalue weighted by Gasteiger charge is -2.29. The van der Waals surface area contributed by atoms with Crippen molar-refractivity contribution in [1.29, 1.82) is 0 Å². The zero-order valence-corrected chi connectivity index (χ0v) is 23.8. The summed E-state index contributed by atoms with van der Waals surface area (Å²) in [6, 6.07) is -3.49. The summed E-state index contributed by atoms with van der Waals surface area (Å²) in [5, 5.41) is 15.1. The van der Waals surface area contributed by atoms with Gasteiger partial charge >= 0.3 is 0 Å². The fourth-order valence-corrected chi connectivity index (χ4v) is 4.08. The van der Waals surface area contributed by atoms with E-state index in [1.165, 1.54) is 25.8 Å². The van der Waals surface area contributed by atoms with E-state index in [0.717, 1.165) is 0 Å². The molecule has 0 aromatic heterocycles. The molecule has 1 saturated heterocycles. The van der Waals surface area contributed by atoms with E-state index in [2.05, 4.69) is 31.9 Å². The molecule has 1 rings (SSSR count). The molecule has 0 bridgehead atoms. The summed E-state index contributed by atoms with van der Waals surface area (Å²) < 4.78 is 0. The van der Waals surface area contributed by atoms with E-state index in [0.29, 0.717) is 19.4 Å². The lowest BCUT2D eigenvalue weighted by Crippen LogP contribution is -2.57. The van der Waals surface area contributed by atoms with E-state index in [-0.39, 0.29) is 30.2 Å². The van der Waals surface area contributed by atoms with Gasteiger partial charge in [-0.25, -0.2) is 0 Å². The number of likely N-dealkylation sites (N-methyl/N-ethyl adjacent to an activating group) is 1. The van der Waals surface area contributed by atoms with Crippen molar-refractivity contribution in [2.24, 2.45) is 11.8 Å². The predicted octanol–water partition coefficient (Wildman–Crippen LogP) is -2.24. The zero-order chi connectivity index (χ0) is 29.9. The Hall–Kier alpha value is -3.71. The molecular formula is C25H43N7O7. The molecule has 0 aromatic rings. The summed E-state index contributed by atoms with van der Waals surface area (Å²) in [4.78, 5) is 87.6. The molecular weight excluding hydrogens is 510 g/mol. The molecule has 1 fully saturated rings. The quantitative estimate of drug-likeness (QED) is 0.148. The Balaban J connectivity index is 2.71. The van der Waals surface area contributed by atoms with Gasteiger partial charge in [0.25, 0.3) is 0 Å². The number of nitrogens with zero attached hydrogens (tertiary/aromatic N) is 1. The molecule has 0 spiro atoms. The number of rotatable bonds is 13. The average Bonchev–Trinajstić information content (AvgIpc) is 3.36. The minimum absolute atomic E-state index is 0.204. The Morgan fingerprint density at radius 1 is 0.769 bits per heavy atom. The minimum Gasteiger partial charge on any atom is -0.358 e. The maximum Gasteiger partial charge on any atom is 0.245 e. The Kier molecular flexibility index (Phi) is 13.4. The number of carbonyl (C=O) groups is 7. The Morgan fingerprint density at radius 2 is 1.33 bits per heavy atom. The number of likely N-dealkylation sites (tertiary alicyclic amines) is 1. The van der Waals surface area contributed by atoms with Crippen molar-refractivity contribution in [3.05, 3.63) is 0 Å². The van der Waals surface area contributed by atoms with E-state index < -0.39 is 60.2 Å². The maximum atomic E-state index is 13.1. The Labute approximate surface area is 229 Å². The van der Waals surface area contributed by atoms with Gasteiger partial charge in [-0.3, -0.25) is 33.6 Å². The molecule has 4 atom stereocenters. The third kappa shape index (κ3) is 10.5. The van der Waals surface area contributed by atoms with Crippen molar-refractivity contribution in [1.82, 2.24) is 36.8 Å². The van der Waals surface area contributed by atoms with Gasteiger partial charge < -0.3 is 36.8 Å². The van der Waals surface area contributed by atoms with Crippen molar-refractivity contribution in [3.8, 4) is 0 Å². The van der Waals surface area contributed by atoms with Gasteiger partial charge in [-0.2, -0.15) is 0 Å². The minimum atomic E-state index is -0.940. The van der Waals surface area contributed by atoms with Gasteiger partial charge in [-0.05, 0) is 31.6 Å². The van der Waals surface area contributed by atoms with Crippen LogP contribution in [0.15, 0.2) is 0 Å². The van der Waals surface area contributed by atoms with Crippen molar-refractivity contribution in [2.45, 2.75) is 78.6 Å². The van der Waals surface area contributed by atoms with Crippen LogP contribution in [0.1, 0.15) is 54.4 Å². The van der Waals surface area contributed by atoms with Crippen LogP contribution in [0.5, 0.6) is 0 Å². The Bertz CT molecular complexity index is 938. The maximum absolute atomic E-state index is 13.1. The van der Waals surface area contributed by atoms with Crippen LogP contribution in [0, 0.1) is 11.8 Å². The van der Waals surface area contributed by atoms with Gasteiger partial charge in [0.15, 0.2) is 0 Å². The van der Waals surface area contributed by atoms with Gasteiger partial charge in [0.2, 0.25) is 41.4 Å². The molecule has 1 aliphatic rings. The molecule has 0 radical (unpaired) electrons. The van der Waals surface area contributed by atoms with Crippen LogP contribution in [-0.4, -0.2) is 97.1 Å². The Morgan fingerprint density at radius 3 is 1.87 bits per heavy atom. The number of nitrogens with one attached hydrogen (secondary N) is 6. The van der Waals surface area contributed by atoms with Gasteiger partial charge in [-0.1, -0.05) is 27.7 Å². The molecule has 14 heteroatoms. The second-order valence-corrected chi connectivity index (χ2v) is 10.2. The molecule has 14 nitrogen and oxygen atoms in total. The topological polar surface area (TPSA) is 195 Å². The first-order valence-corrected chi connectivity index (χ1v) is 13.1. The van der Waals surface area contributed by atoms with Crippen LogP contribution in [0.4, 0.5) is 0 Å². The van der Waals surface area contributed by atoms with E-state index >= 15 is 0 Å². The molecule has 0 saturated carbocycles. The van der Waals surface area contributed by atoms with E-state index in [1.807, 2.05) is 0 Å². The first kappa shape index (κ1) is 33.3. The standard InChI is InChI=1S/C25H43N7O7/c1-13(2)20(23(37)28-11-18(34)26-7)31-19(35)12-27-22(36)17-9-8-10-32(17)25(39)15(5)29-24(38)21(14(3)4)30-16(6)33/h13-15,17,20-21H,8-12H2,1-7H3,(H,26,34)(H,27,36)(H,28,37)(H,29,38)(H,30,33)(H,31,35)/t15-,17+,20-,21+/m0/s1. The molecule has 0 aromatic carbocycles. The second kappa shape index (κ2) is 15.6. The first-order chi connectivity index (χ1) is 18.2. The normalized spacial score (nSPS) is 17.1. The highest BCUT2D eigenvalue weighted by Crippen LogP contribution is 2.18. The SMILES string of the molecule is CNC(=O)CNC(=O)[C@@H](NC(=O)CNC(=O)[C@H]1CCCN1C(=O)[C@H](C)NC(=O)[C@H](NC(C)=O)C(C)C)C(C)C. The van der Waals surface area contributed by atoms with Crippen LogP contribution in [0.3, 0.4) is 0 Å². The molecule has 7 amide bonds. The van der Waals surface area contributed by atoms with Crippen LogP contribution in [-0.2, 0) is 33.6 Å². The summed E-state index contributed by atoms with van der Waals surface area (Å²) in [6.07, 6.45) is 0.953. The number of amides is 7. The molecule has 0 unspecified atom stereocenters. The molecule has 39 heavy (non-hydrogen) atoms. The third-order valence-electron chi connectivity index (χ3n) is 6.27. The first-order valence-electron chi connectivity index (χ1n) is 13.1. The van der Waals surface area contributed by atoms with E-state index in [4.69, 9.17) is 0 Å². The molecule has 220 valence electrons. The molecule has 6 N–H and O–H groups in total. The van der Waals surface area contributed by atoms with Gasteiger partial charge in [-0.15, -0.1) is 0 Å². The monoisotopic (exact) mass is 553 g/mol. The summed E-state index contributed by atoms with van der Waals surface area (Å²) in [5.74, 6) is -3.87. The highest BCUT2D eigenvalue weighted by atomic mass is 16.2. The highest BCUT2D eigenvalue weighted by molar-refractivity contribution is 5.96. The predicted molar refractivity (Wildman–Crippen MR) is 142 cm³/mol. The van der Waals surface area contributed by atoms with Crippen LogP contribution in [0.25, 0.3) is 0 Å². The number of carbonyl (C=O) groups excluding carboxylic acids is 7. The van der Waals surface area contributed by atoms with Gasteiger partial charge in [0.05, 0.1) is 13.1 Å². The summed E-state index contributed by atoms with van der Waals surface area (Å²) in [5.41, 5.74) is 0. The lowest BCUT2D eigenvalue weighted by molar-refractivity contribution is -0.141. The van der Waals surface area contributed by atoms with Crippen molar-refractivity contribution in [2.75, 3.05) is 26.7 Å². The number of hydrogen-bond acceptors (Lipinski definition) is 7. The summed E-state index contributed by atoms with van der Waals surface area (Å²) in [6.45, 7) is 9.46. The summed E-state index contributed by atoms with van der Waals surface area (Å²) in [7, 11) is 1.44. The lowest BCUT2D eigenvalue weighted by atomic mass is 10.0. The smallest absolute Gasteiger partial charge is 0.245 e. The highest BCUT2D eigenvalue weighted by Gasteiger charge is 2.37. The van der Waals surface area contributed by atoms with Gasteiger partial charge in [0.1, 0.15) is 24.2 Å². The van der Waals surface area contributed by atoms with Crippen molar-refractivity contribution < 1.29 is 33.6 Å².